The molecule has 0 radical (unpaired) electrons. The average Bonchev–Trinajstić information content (AvgIpc) is 3.29. The summed E-state index contributed by atoms with van der Waals surface area (Å²) in [6, 6.07) is 15.9. The smallest absolute Gasteiger partial charge is 0.266 e. The van der Waals surface area contributed by atoms with E-state index in [9.17, 15) is 18.4 Å². The number of anilines is 1. The lowest BCUT2D eigenvalue weighted by atomic mass is 10.0. The van der Waals surface area contributed by atoms with Crippen molar-refractivity contribution in [2.75, 3.05) is 5.73 Å². The Labute approximate surface area is 203 Å². The van der Waals surface area contributed by atoms with Gasteiger partial charge in [-0.05, 0) is 73.2 Å². The summed E-state index contributed by atoms with van der Waals surface area (Å²) in [5.41, 5.74) is 7.85. The fourth-order valence-electron chi connectivity index (χ4n) is 3.97. The molecule has 9 heteroatoms. The number of benzene rings is 3. The summed E-state index contributed by atoms with van der Waals surface area (Å²) in [5.74, 6) is -1.38. The highest BCUT2D eigenvalue weighted by atomic mass is 19.1. The molecule has 0 saturated heterocycles. The van der Waals surface area contributed by atoms with Crippen molar-refractivity contribution < 1.29 is 18.3 Å². The van der Waals surface area contributed by atoms with Gasteiger partial charge < -0.3 is 10.5 Å². The van der Waals surface area contributed by atoms with E-state index in [2.05, 4.69) is 10.2 Å². The number of nitrogen functional groups attached to an aromatic ring is 1. The van der Waals surface area contributed by atoms with Crippen LogP contribution in [-0.4, -0.2) is 20.5 Å². The summed E-state index contributed by atoms with van der Waals surface area (Å²) in [5, 5.41) is 7.48. The maximum Gasteiger partial charge on any atom is 0.266 e. The third kappa shape index (κ3) is 4.34. The van der Waals surface area contributed by atoms with Crippen LogP contribution in [0, 0.1) is 18.6 Å². The van der Waals surface area contributed by atoms with Crippen molar-refractivity contribution in [2.45, 2.75) is 13.3 Å². The zero-order chi connectivity index (χ0) is 25.4. The summed E-state index contributed by atoms with van der Waals surface area (Å²) in [6.45, 7) is 1.71. The van der Waals surface area contributed by atoms with Gasteiger partial charge in [-0.1, -0.05) is 6.07 Å². The van der Waals surface area contributed by atoms with Gasteiger partial charge in [-0.25, -0.2) is 8.78 Å². The molecule has 7 nitrogen and oxygen atoms in total. The van der Waals surface area contributed by atoms with E-state index in [1.807, 2.05) is 0 Å². The van der Waals surface area contributed by atoms with Gasteiger partial charge in [0.05, 0.1) is 23.0 Å². The number of halogens is 2. The van der Waals surface area contributed by atoms with Crippen molar-refractivity contribution in [1.82, 2.24) is 14.8 Å². The van der Waals surface area contributed by atoms with Crippen LogP contribution in [0.5, 0.6) is 11.5 Å². The van der Waals surface area contributed by atoms with E-state index >= 15 is 0 Å². The molecule has 0 saturated carbocycles. The van der Waals surface area contributed by atoms with Crippen LogP contribution in [0.4, 0.5) is 14.5 Å². The number of ketones is 1. The number of hydrogen-bond donors (Lipinski definition) is 2. The number of aryl methyl sites for hydroxylation is 1. The quantitative estimate of drug-likeness (QED) is 0.257. The number of carbonyl (C=O) groups excluding carboxylic acids is 1. The van der Waals surface area contributed by atoms with Crippen LogP contribution in [0.1, 0.15) is 21.6 Å². The van der Waals surface area contributed by atoms with E-state index in [4.69, 9.17) is 10.5 Å². The number of rotatable bonds is 6. The fraction of sp³-hybridized carbons (Fsp3) is 0.0741. The maximum atomic E-state index is 14.8. The summed E-state index contributed by atoms with van der Waals surface area (Å²) < 4.78 is 35.1. The standard InChI is InChI=1S/C27H20F2N4O3/c1-15-2-8-20(27(35)33(15)19-6-4-18(28)5-7-19)24(34)11-16-3-9-25(21(29)10-16)36-26-12-17-14-31-32-23(17)13-22(26)30/h2-10,12-14H,11,30H2,1H3,(H,31,32). The molecule has 0 aliphatic heterocycles. The normalized spacial score (nSPS) is 11.1. The van der Waals surface area contributed by atoms with Gasteiger partial charge in [0, 0.05) is 23.2 Å². The number of aromatic nitrogens is 3. The van der Waals surface area contributed by atoms with Crippen molar-refractivity contribution in [3.05, 3.63) is 112 Å². The van der Waals surface area contributed by atoms with Crippen molar-refractivity contribution in [2.24, 2.45) is 0 Å². The minimum Gasteiger partial charge on any atom is -0.452 e. The van der Waals surface area contributed by atoms with Gasteiger partial charge in [0.2, 0.25) is 0 Å². The topological polar surface area (TPSA) is 103 Å². The zero-order valence-electron chi connectivity index (χ0n) is 19.1. The molecule has 3 N–H and O–H groups in total. The highest BCUT2D eigenvalue weighted by molar-refractivity contribution is 5.97. The Morgan fingerprint density at radius 3 is 2.56 bits per heavy atom. The molecule has 0 amide bonds. The van der Waals surface area contributed by atoms with E-state index in [-0.39, 0.29) is 23.5 Å². The maximum absolute atomic E-state index is 14.8. The third-order valence-corrected chi connectivity index (χ3v) is 5.81. The first-order valence-electron chi connectivity index (χ1n) is 11.0. The molecule has 180 valence electrons. The minimum absolute atomic E-state index is 0.0492. The lowest BCUT2D eigenvalue weighted by molar-refractivity contribution is 0.0991. The predicted octanol–water partition coefficient (Wildman–Crippen LogP) is 5.10. The number of ether oxygens (including phenoxy) is 1. The molecular weight excluding hydrogens is 466 g/mol. The molecule has 3 aromatic carbocycles. The van der Waals surface area contributed by atoms with Gasteiger partial charge >= 0.3 is 0 Å². The second-order valence-electron chi connectivity index (χ2n) is 8.32. The van der Waals surface area contributed by atoms with E-state index in [1.54, 1.807) is 37.4 Å². The van der Waals surface area contributed by atoms with E-state index in [1.165, 1.54) is 47.0 Å². The fourth-order valence-corrected chi connectivity index (χ4v) is 3.97. The molecule has 2 aromatic heterocycles. The lowest BCUT2D eigenvalue weighted by Crippen LogP contribution is -2.27. The summed E-state index contributed by atoms with van der Waals surface area (Å²) >= 11 is 0. The molecule has 5 aromatic rings. The lowest BCUT2D eigenvalue weighted by Gasteiger charge is -2.12. The number of Topliss-reactive ketones (excluding diaryl/α,β-unsaturated/α-hetero) is 1. The van der Waals surface area contributed by atoms with Gasteiger partial charge in [-0.2, -0.15) is 5.10 Å². The summed E-state index contributed by atoms with van der Waals surface area (Å²) in [4.78, 5) is 26.0. The van der Waals surface area contributed by atoms with Crippen molar-refractivity contribution in [1.29, 1.82) is 0 Å². The molecule has 0 aliphatic carbocycles. The number of hydrogen-bond acceptors (Lipinski definition) is 5. The largest absolute Gasteiger partial charge is 0.452 e. The molecule has 0 bridgehead atoms. The molecule has 36 heavy (non-hydrogen) atoms. The second kappa shape index (κ2) is 9.10. The Balaban J connectivity index is 1.38. The average molecular weight is 486 g/mol. The first kappa shape index (κ1) is 23.0. The second-order valence-corrected chi connectivity index (χ2v) is 8.32. The number of nitrogens with one attached hydrogen (secondary N) is 1. The number of H-pyrrole nitrogens is 1. The Morgan fingerprint density at radius 1 is 1.03 bits per heavy atom. The van der Waals surface area contributed by atoms with E-state index in [0.717, 1.165) is 10.9 Å². The van der Waals surface area contributed by atoms with Crippen LogP contribution >= 0.6 is 0 Å². The molecule has 0 atom stereocenters. The van der Waals surface area contributed by atoms with Gasteiger partial charge in [-0.3, -0.25) is 19.3 Å². The van der Waals surface area contributed by atoms with E-state index < -0.39 is 23.0 Å². The third-order valence-electron chi connectivity index (χ3n) is 5.81. The van der Waals surface area contributed by atoms with Gasteiger partial charge in [0.15, 0.2) is 23.1 Å². The zero-order valence-corrected chi connectivity index (χ0v) is 19.1. The van der Waals surface area contributed by atoms with Crippen molar-refractivity contribution >= 4 is 22.4 Å². The van der Waals surface area contributed by atoms with Crippen LogP contribution in [0.2, 0.25) is 0 Å². The molecule has 0 unspecified atom stereocenters. The number of carbonyl (C=O) groups is 1. The molecule has 0 spiro atoms. The predicted molar refractivity (Wildman–Crippen MR) is 132 cm³/mol. The highest BCUT2D eigenvalue weighted by Gasteiger charge is 2.17. The Bertz CT molecular complexity index is 1670. The van der Waals surface area contributed by atoms with Crippen LogP contribution in [0.25, 0.3) is 16.6 Å². The van der Waals surface area contributed by atoms with Crippen LogP contribution in [0.3, 0.4) is 0 Å². The number of fused-ring (bicyclic) bond motifs is 1. The van der Waals surface area contributed by atoms with Crippen molar-refractivity contribution in [3.8, 4) is 17.2 Å². The van der Waals surface area contributed by atoms with Crippen LogP contribution in [0.15, 0.2) is 77.7 Å². The molecule has 0 fully saturated rings. The van der Waals surface area contributed by atoms with Gasteiger partial charge in [0.1, 0.15) is 5.82 Å². The summed E-state index contributed by atoms with van der Waals surface area (Å²) in [6.07, 6.45) is 1.41. The summed E-state index contributed by atoms with van der Waals surface area (Å²) in [7, 11) is 0. The Morgan fingerprint density at radius 2 is 1.81 bits per heavy atom. The Kier molecular flexibility index (Phi) is 5.81. The highest BCUT2D eigenvalue weighted by Crippen LogP contribution is 2.32. The van der Waals surface area contributed by atoms with Crippen LogP contribution < -0.4 is 16.0 Å². The monoisotopic (exact) mass is 486 g/mol. The number of pyridine rings is 1. The van der Waals surface area contributed by atoms with Crippen molar-refractivity contribution in [3.63, 3.8) is 0 Å². The van der Waals surface area contributed by atoms with Gasteiger partial charge in [-0.15, -0.1) is 0 Å². The number of nitrogens with two attached hydrogens (primary N) is 1. The first-order valence-corrected chi connectivity index (χ1v) is 11.0. The molecule has 2 heterocycles. The Hall–Kier alpha value is -4.79. The number of nitrogens with zero attached hydrogens (tertiary/aromatic N) is 2. The van der Waals surface area contributed by atoms with Gasteiger partial charge in [0.25, 0.3) is 5.56 Å². The molecule has 0 aliphatic rings. The van der Waals surface area contributed by atoms with Crippen LogP contribution in [-0.2, 0) is 6.42 Å². The minimum atomic E-state index is -0.681. The number of aromatic amines is 1. The molecular formula is C27H20F2N4O3. The molecule has 5 rings (SSSR count). The first-order chi connectivity index (χ1) is 17.3. The van der Waals surface area contributed by atoms with E-state index in [0.29, 0.717) is 22.6 Å². The SMILES string of the molecule is Cc1ccc(C(=O)Cc2ccc(Oc3cc4cn[nH]c4cc3N)c(F)c2)c(=O)n1-c1ccc(F)cc1.